The quantitative estimate of drug-likeness (QED) is 0.725. The molecule has 1 saturated heterocycles. The fraction of sp³-hybridized carbons (Fsp3) is 0.476. The molecule has 0 radical (unpaired) electrons. The van der Waals surface area contributed by atoms with E-state index in [-0.39, 0.29) is 23.6 Å². The fourth-order valence-electron chi connectivity index (χ4n) is 3.42. The Balaban J connectivity index is 1.65. The number of amides is 3. The molecule has 29 heavy (non-hydrogen) atoms. The van der Waals surface area contributed by atoms with Gasteiger partial charge in [-0.25, -0.2) is 0 Å². The van der Waals surface area contributed by atoms with E-state index in [4.69, 9.17) is 4.42 Å². The molecule has 1 aliphatic rings. The minimum Gasteiger partial charge on any atom is -0.459 e. The van der Waals surface area contributed by atoms with Gasteiger partial charge in [-0.2, -0.15) is 0 Å². The van der Waals surface area contributed by atoms with Gasteiger partial charge in [-0.3, -0.25) is 14.4 Å². The smallest absolute Gasteiger partial charge is 0.289 e. The van der Waals surface area contributed by atoms with Crippen LogP contribution in [0.4, 0.5) is 0 Å². The molecule has 7 nitrogen and oxygen atoms in total. The van der Waals surface area contributed by atoms with Gasteiger partial charge in [0.05, 0.1) is 11.1 Å². The Hall–Kier alpha value is -2.61. The van der Waals surface area contributed by atoms with Crippen molar-refractivity contribution in [2.75, 3.05) is 19.6 Å². The number of likely N-dealkylation sites (tertiary alicyclic amines) is 1. The second-order valence-corrected chi connectivity index (χ2v) is 8.62. The monoisotopic (exact) mass is 417 g/mol. The van der Waals surface area contributed by atoms with Crippen LogP contribution in [0.2, 0.25) is 0 Å². The van der Waals surface area contributed by atoms with E-state index in [1.807, 2.05) is 25.3 Å². The van der Waals surface area contributed by atoms with E-state index in [1.165, 1.54) is 17.6 Å². The third kappa shape index (κ3) is 5.47. The van der Waals surface area contributed by atoms with E-state index >= 15 is 0 Å². The number of nitrogens with zero attached hydrogens (tertiary/aromatic N) is 1. The second-order valence-electron chi connectivity index (χ2n) is 7.67. The van der Waals surface area contributed by atoms with Gasteiger partial charge in [0.2, 0.25) is 5.91 Å². The van der Waals surface area contributed by atoms with Crippen LogP contribution in [0.3, 0.4) is 0 Å². The molecule has 3 amide bonds. The highest BCUT2D eigenvalue weighted by Crippen LogP contribution is 2.23. The number of carbonyl (C=O) groups is 3. The molecule has 2 aromatic heterocycles. The summed E-state index contributed by atoms with van der Waals surface area (Å²) in [5.41, 5.74) is 0. The maximum Gasteiger partial charge on any atom is 0.289 e. The average molecular weight is 418 g/mol. The molecular formula is C21H27N3O4S. The maximum atomic E-state index is 12.8. The Kier molecular flexibility index (Phi) is 7.09. The van der Waals surface area contributed by atoms with Crippen molar-refractivity contribution in [3.8, 4) is 0 Å². The molecule has 0 unspecified atom stereocenters. The maximum absolute atomic E-state index is 12.8. The Labute approximate surface area is 174 Å². The summed E-state index contributed by atoms with van der Waals surface area (Å²) in [5, 5.41) is 7.70. The van der Waals surface area contributed by atoms with Crippen LogP contribution in [-0.4, -0.2) is 48.3 Å². The van der Waals surface area contributed by atoms with Crippen molar-refractivity contribution in [3.63, 3.8) is 0 Å². The first kappa shape index (κ1) is 21.1. The summed E-state index contributed by atoms with van der Waals surface area (Å²) in [4.78, 5) is 40.2. The molecular weight excluding hydrogens is 390 g/mol. The van der Waals surface area contributed by atoms with Gasteiger partial charge in [0, 0.05) is 19.6 Å². The molecule has 0 saturated carbocycles. The van der Waals surface area contributed by atoms with Gasteiger partial charge in [-0.05, 0) is 48.3 Å². The molecule has 2 N–H and O–H groups in total. The van der Waals surface area contributed by atoms with E-state index in [0.717, 1.165) is 0 Å². The van der Waals surface area contributed by atoms with Gasteiger partial charge in [0.15, 0.2) is 5.76 Å². The lowest BCUT2D eigenvalue weighted by Gasteiger charge is -2.35. The number of nitrogens with one attached hydrogen (secondary N) is 2. The van der Waals surface area contributed by atoms with Crippen molar-refractivity contribution in [2.24, 2.45) is 11.8 Å². The molecule has 0 aromatic carbocycles. The number of hydrogen-bond donors (Lipinski definition) is 2. The number of carbonyl (C=O) groups excluding carboxylic acids is 3. The third-order valence-corrected chi connectivity index (χ3v) is 5.90. The van der Waals surface area contributed by atoms with Gasteiger partial charge in [-0.15, -0.1) is 11.3 Å². The van der Waals surface area contributed by atoms with Crippen LogP contribution >= 0.6 is 11.3 Å². The molecule has 2 aromatic rings. The molecule has 156 valence electrons. The van der Waals surface area contributed by atoms with Gasteiger partial charge in [0.1, 0.15) is 6.04 Å². The zero-order chi connectivity index (χ0) is 20.8. The first-order valence-corrected chi connectivity index (χ1v) is 10.8. The standard InChI is InChI=1S/C21H27N3O4S/c1-14(2)13-22-20(26)18(23-19(25)17-6-4-12-29-17)15-7-9-24(10-8-15)21(27)16-5-3-11-28-16/h3-6,11-12,14-15,18H,7-10,13H2,1-2H3,(H,22,26)(H,23,25)/t18-/m1/s1. The summed E-state index contributed by atoms with van der Waals surface area (Å²) in [6, 6.07) is 6.27. The first-order chi connectivity index (χ1) is 14.0. The minimum absolute atomic E-state index is 0.0354. The molecule has 8 heteroatoms. The lowest BCUT2D eigenvalue weighted by molar-refractivity contribution is -0.124. The number of furan rings is 1. The van der Waals surface area contributed by atoms with E-state index < -0.39 is 6.04 Å². The van der Waals surface area contributed by atoms with Crippen LogP contribution in [-0.2, 0) is 4.79 Å². The van der Waals surface area contributed by atoms with E-state index in [2.05, 4.69) is 10.6 Å². The number of thiophene rings is 1. The molecule has 3 rings (SSSR count). The van der Waals surface area contributed by atoms with Crippen molar-refractivity contribution in [3.05, 3.63) is 46.5 Å². The summed E-state index contributed by atoms with van der Waals surface area (Å²) in [6.07, 6.45) is 2.75. The zero-order valence-corrected chi connectivity index (χ0v) is 17.5. The largest absolute Gasteiger partial charge is 0.459 e. The number of rotatable bonds is 7. The van der Waals surface area contributed by atoms with E-state index in [9.17, 15) is 14.4 Å². The highest BCUT2D eigenvalue weighted by Gasteiger charge is 2.34. The second kappa shape index (κ2) is 9.73. The van der Waals surface area contributed by atoms with Gasteiger partial charge >= 0.3 is 0 Å². The fourth-order valence-corrected chi connectivity index (χ4v) is 4.05. The SMILES string of the molecule is CC(C)CNC(=O)[C@H](NC(=O)c1cccs1)C1CCN(C(=O)c2ccco2)CC1. The molecule has 3 heterocycles. The lowest BCUT2D eigenvalue weighted by atomic mass is 9.88. The average Bonchev–Trinajstić information content (AvgIpc) is 3.44. The van der Waals surface area contributed by atoms with Crippen molar-refractivity contribution in [2.45, 2.75) is 32.7 Å². The summed E-state index contributed by atoms with van der Waals surface area (Å²) in [7, 11) is 0. The highest BCUT2D eigenvalue weighted by atomic mass is 32.1. The number of hydrogen-bond acceptors (Lipinski definition) is 5. The first-order valence-electron chi connectivity index (χ1n) is 9.90. The summed E-state index contributed by atoms with van der Waals surface area (Å²) < 4.78 is 5.20. The van der Waals surface area contributed by atoms with Crippen LogP contribution in [0.15, 0.2) is 40.3 Å². The van der Waals surface area contributed by atoms with Gasteiger partial charge < -0.3 is 20.0 Å². The van der Waals surface area contributed by atoms with Gasteiger partial charge in [-0.1, -0.05) is 19.9 Å². The van der Waals surface area contributed by atoms with E-state index in [0.29, 0.717) is 49.0 Å². The van der Waals surface area contributed by atoms with Crippen molar-refractivity contribution >= 4 is 29.1 Å². The Bertz CT molecular complexity index is 809. The lowest BCUT2D eigenvalue weighted by Crippen LogP contribution is -2.54. The predicted molar refractivity (Wildman–Crippen MR) is 111 cm³/mol. The van der Waals surface area contributed by atoms with Crippen molar-refractivity contribution in [1.29, 1.82) is 0 Å². The van der Waals surface area contributed by atoms with Crippen LogP contribution in [0.5, 0.6) is 0 Å². The Morgan fingerprint density at radius 1 is 1.21 bits per heavy atom. The Morgan fingerprint density at radius 2 is 1.97 bits per heavy atom. The normalized spacial score (nSPS) is 15.9. The molecule has 0 aliphatic carbocycles. The van der Waals surface area contributed by atoms with E-state index in [1.54, 1.807) is 23.1 Å². The summed E-state index contributed by atoms with van der Waals surface area (Å²) >= 11 is 1.35. The van der Waals surface area contributed by atoms with Crippen LogP contribution < -0.4 is 10.6 Å². The molecule has 0 spiro atoms. The van der Waals surface area contributed by atoms with Gasteiger partial charge in [0.25, 0.3) is 11.8 Å². The Morgan fingerprint density at radius 3 is 2.55 bits per heavy atom. The zero-order valence-electron chi connectivity index (χ0n) is 16.7. The molecule has 0 bridgehead atoms. The third-order valence-electron chi connectivity index (χ3n) is 5.03. The van der Waals surface area contributed by atoms with Crippen LogP contribution in [0.25, 0.3) is 0 Å². The molecule has 1 fully saturated rings. The minimum atomic E-state index is -0.621. The number of piperidine rings is 1. The topological polar surface area (TPSA) is 91.7 Å². The highest BCUT2D eigenvalue weighted by molar-refractivity contribution is 7.12. The molecule has 1 atom stereocenters. The predicted octanol–water partition coefficient (Wildman–Crippen LogP) is 2.76. The van der Waals surface area contributed by atoms with Crippen LogP contribution in [0, 0.1) is 11.8 Å². The van der Waals surface area contributed by atoms with Crippen molar-refractivity contribution < 1.29 is 18.8 Å². The van der Waals surface area contributed by atoms with Crippen LogP contribution in [0.1, 0.15) is 46.9 Å². The summed E-state index contributed by atoms with van der Waals surface area (Å²) in [6.45, 7) is 5.65. The summed E-state index contributed by atoms with van der Waals surface area (Å²) in [5.74, 6) is 0.0582. The van der Waals surface area contributed by atoms with Crippen molar-refractivity contribution in [1.82, 2.24) is 15.5 Å². The molecule has 1 aliphatic heterocycles.